The van der Waals surface area contributed by atoms with Crippen LogP contribution in [0.25, 0.3) is 0 Å². The Morgan fingerprint density at radius 2 is 1.96 bits per heavy atom. The third-order valence-corrected chi connectivity index (χ3v) is 5.11. The molecule has 1 aromatic carbocycles. The minimum atomic E-state index is -0.383. The van der Waals surface area contributed by atoms with Crippen molar-refractivity contribution in [2.24, 2.45) is 0 Å². The molecule has 2 saturated heterocycles. The maximum atomic E-state index is 12.8. The highest BCUT2D eigenvalue weighted by Crippen LogP contribution is 2.26. The summed E-state index contributed by atoms with van der Waals surface area (Å²) in [6, 6.07) is 8.47. The monoisotopic (exact) mass is 357 g/mol. The number of aromatic hydroxyl groups is 1. The molecular formula is C18H21N4O4+. The lowest BCUT2D eigenvalue weighted by Crippen LogP contribution is -3.19. The van der Waals surface area contributed by atoms with Crippen LogP contribution in [0.1, 0.15) is 12.2 Å². The van der Waals surface area contributed by atoms with Crippen molar-refractivity contribution in [3.63, 3.8) is 0 Å². The standard InChI is InChI=1S/C18H20N4O4/c1-12-10-16(19-26-12)22-17(24)11-14(18(22)25)21-8-6-20(7-9-21)13-4-2-3-5-15(13)23/h2-5,10,14,23H,6-9,11H2,1H3/p+1/t14-/m1/s1. The van der Waals surface area contributed by atoms with Crippen molar-refractivity contribution in [3.05, 3.63) is 36.1 Å². The van der Waals surface area contributed by atoms with Gasteiger partial charge in [0.1, 0.15) is 11.5 Å². The molecule has 0 aliphatic carbocycles. The summed E-state index contributed by atoms with van der Waals surface area (Å²) in [6.45, 7) is 4.61. The number of benzene rings is 1. The van der Waals surface area contributed by atoms with Crippen LogP contribution in [0, 0.1) is 6.92 Å². The number of phenols is 1. The summed E-state index contributed by atoms with van der Waals surface area (Å²) in [7, 11) is 0. The predicted octanol–water partition coefficient (Wildman–Crippen LogP) is -0.274. The first-order valence-electron chi connectivity index (χ1n) is 8.72. The molecule has 0 saturated carbocycles. The van der Waals surface area contributed by atoms with E-state index in [4.69, 9.17) is 4.52 Å². The van der Waals surface area contributed by atoms with E-state index in [0.717, 1.165) is 28.6 Å². The molecule has 0 bridgehead atoms. The first-order valence-corrected chi connectivity index (χ1v) is 8.72. The number of para-hydroxylation sites is 2. The third kappa shape index (κ3) is 2.82. The van der Waals surface area contributed by atoms with E-state index < -0.39 is 0 Å². The number of rotatable bonds is 3. The molecule has 136 valence electrons. The maximum Gasteiger partial charge on any atom is 0.293 e. The number of carbonyl (C=O) groups is 2. The number of hydrogen-bond acceptors (Lipinski definition) is 6. The molecule has 8 nitrogen and oxygen atoms in total. The highest BCUT2D eigenvalue weighted by Gasteiger charge is 2.47. The highest BCUT2D eigenvalue weighted by atomic mass is 16.5. The van der Waals surface area contributed by atoms with Crippen LogP contribution in [0.15, 0.2) is 34.9 Å². The molecule has 0 radical (unpaired) electrons. The molecule has 2 N–H and O–H groups in total. The van der Waals surface area contributed by atoms with Crippen molar-refractivity contribution in [1.82, 2.24) is 5.16 Å². The zero-order valence-corrected chi connectivity index (χ0v) is 14.5. The first-order chi connectivity index (χ1) is 12.5. The fraction of sp³-hybridized carbons (Fsp3) is 0.389. The average Bonchev–Trinajstić information content (AvgIpc) is 3.18. The van der Waals surface area contributed by atoms with Crippen LogP contribution in [0.2, 0.25) is 0 Å². The Labute approximate surface area is 150 Å². The number of aromatic nitrogens is 1. The number of carbonyl (C=O) groups excluding carboxylic acids is 2. The van der Waals surface area contributed by atoms with Crippen LogP contribution < -0.4 is 14.7 Å². The second-order valence-corrected chi connectivity index (χ2v) is 6.75. The molecule has 2 amide bonds. The summed E-state index contributed by atoms with van der Waals surface area (Å²) in [6.07, 6.45) is 0.191. The number of piperazine rings is 1. The van der Waals surface area contributed by atoms with E-state index in [9.17, 15) is 14.7 Å². The highest BCUT2D eigenvalue weighted by molar-refractivity contribution is 6.21. The Kier molecular flexibility index (Phi) is 4.12. The van der Waals surface area contributed by atoms with E-state index in [1.54, 1.807) is 25.1 Å². The summed E-state index contributed by atoms with van der Waals surface area (Å²) in [5.41, 5.74) is 0.806. The van der Waals surface area contributed by atoms with Gasteiger partial charge in [-0.15, -0.1) is 0 Å². The molecule has 0 unspecified atom stereocenters. The van der Waals surface area contributed by atoms with Crippen molar-refractivity contribution >= 4 is 23.3 Å². The van der Waals surface area contributed by atoms with Crippen molar-refractivity contribution in [2.75, 3.05) is 36.0 Å². The van der Waals surface area contributed by atoms with Gasteiger partial charge in [-0.05, 0) is 19.1 Å². The normalized spacial score (nSPS) is 21.7. The minimum Gasteiger partial charge on any atom is -0.506 e. The summed E-state index contributed by atoms with van der Waals surface area (Å²) >= 11 is 0. The Bertz CT molecular complexity index is 841. The molecule has 2 aliphatic rings. The quantitative estimate of drug-likeness (QED) is 0.735. The molecule has 1 aromatic heterocycles. The number of hydrogen-bond donors (Lipinski definition) is 2. The fourth-order valence-corrected chi connectivity index (χ4v) is 3.77. The largest absolute Gasteiger partial charge is 0.506 e. The van der Waals surface area contributed by atoms with Crippen LogP contribution in [-0.4, -0.2) is 54.3 Å². The van der Waals surface area contributed by atoms with E-state index in [-0.39, 0.29) is 35.8 Å². The molecular weight excluding hydrogens is 336 g/mol. The summed E-state index contributed by atoms with van der Waals surface area (Å²) in [4.78, 5) is 29.5. The topological polar surface area (TPSA) is 91.3 Å². The van der Waals surface area contributed by atoms with E-state index in [1.807, 2.05) is 12.1 Å². The number of nitrogens with one attached hydrogen (secondary N) is 1. The molecule has 2 aromatic rings. The van der Waals surface area contributed by atoms with Crippen molar-refractivity contribution < 1.29 is 24.1 Å². The van der Waals surface area contributed by atoms with Crippen LogP contribution >= 0.6 is 0 Å². The molecule has 0 spiro atoms. The van der Waals surface area contributed by atoms with E-state index in [0.29, 0.717) is 18.8 Å². The smallest absolute Gasteiger partial charge is 0.293 e. The number of imide groups is 1. The summed E-state index contributed by atoms with van der Waals surface area (Å²) in [5, 5.41) is 13.8. The van der Waals surface area contributed by atoms with Gasteiger partial charge in [0.15, 0.2) is 11.9 Å². The number of quaternary nitrogens is 1. The van der Waals surface area contributed by atoms with Crippen LogP contribution in [0.5, 0.6) is 5.75 Å². The van der Waals surface area contributed by atoms with E-state index in [1.165, 1.54) is 0 Å². The lowest BCUT2D eigenvalue weighted by molar-refractivity contribution is -0.915. The molecule has 26 heavy (non-hydrogen) atoms. The van der Waals surface area contributed by atoms with Crippen LogP contribution in [0.4, 0.5) is 11.5 Å². The van der Waals surface area contributed by atoms with Gasteiger partial charge in [-0.3, -0.25) is 9.59 Å². The van der Waals surface area contributed by atoms with Crippen molar-refractivity contribution in [3.8, 4) is 5.75 Å². The second-order valence-electron chi connectivity index (χ2n) is 6.75. The first kappa shape index (κ1) is 16.6. The van der Waals surface area contributed by atoms with Crippen LogP contribution in [-0.2, 0) is 9.59 Å². The van der Waals surface area contributed by atoms with Gasteiger partial charge < -0.3 is 19.4 Å². The van der Waals surface area contributed by atoms with Gasteiger partial charge in [-0.1, -0.05) is 17.3 Å². The van der Waals surface area contributed by atoms with Gasteiger partial charge in [-0.25, -0.2) is 4.90 Å². The average molecular weight is 357 g/mol. The number of aryl methyl sites for hydroxylation is 1. The van der Waals surface area contributed by atoms with E-state index >= 15 is 0 Å². The zero-order chi connectivity index (χ0) is 18.3. The van der Waals surface area contributed by atoms with Crippen LogP contribution in [0.3, 0.4) is 0 Å². The van der Waals surface area contributed by atoms with Gasteiger partial charge in [0.25, 0.3) is 5.91 Å². The number of amides is 2. The summed E-state index contributed by atoms with van der Waals surface area (Å²) < 4.78 is 5.00. The number of anilines is 2. The Hall–Kier alpha value is -2.87. The molecule has 8 heteroatoms. The lowest BCUT2D eigenvalue weighted by Gasteiger charge is -2.35. The van der Waals surface area contributed by atoms with Crippen molar-refractivity contribution in [2.45, 2.75) is 19.4 Å². The number of nitrogens with zero attached hydrogens (tertiary/aromatic N) is 3. The SMILES string of the molecule is Cc1cc(N2C(=O)C[C@@H]([NH+]3CCN(c4ccccc4O)CC3)C2=O)no1. The molecule has 1 atom stereocenters. The molecule has 2 fully saturated rings. The molecule has 3 heterocycles. The molecule has 4 rings (SSSR count). The maximum absolute atomic E-state index is 12.8. The van der Waals surface area contributed by atoms with Crippen molar-refractivity contribution in [1.29, 1.82) is 0 Å². The second kappa shape index (κ2) is 6.45. The lowest BCUT2D eigenvalue weighted by atomic mass is 10.1. The van der Waals surface area contributed by atoms with Gasteiger partial charge in [0.2, 0.25) is 5.91 Å². The minimum absolute atomic E-state index is 0.191. The van der Waals surface area contributed by atoms with Gasteiger partial charge >= 0.3 is 0 Å². The third-order valence-electron chi connectivity index (χ3n) is 5.11. The molecule has 2 aliphatic heterocycles. The number of phenolic OH excluding ortho intramolecular Hbond substituents is 1. The van der Waals surface area contributed by atoms with Gasteiger partial charge in [0.05, 0.1) is 38.3 Å². The van der Waals surface area contributed by atoms with E-state index in [2.05, 4.69) is 10.1 Å². The Morgan fingerprint density at radius 1 is 1.23 bits per heavy atom. The Balaban J connectivity index is 1.44. The van der Waals surface area contributed by atoms with Gasteiger partial charge in [-0.2, -0.15) is 0 Å². The zero-order valence-electron chi connectivity index (χ0n) is 14.5. The van der Waals surface area contributed by atoms with Gasteiger partial charge in [0, 0.05) is 6.07 Å². The fourth-order valence-electron chi connectivity index (χ4n) is 3.77. The summed E-state index contributed by atoms with van der Waals surface area (Å²) in [5.74, 6) is 0.647. The Morgan fingerprint density at radius 3 is 2.62 bits per heavy atom. The predicted molar refractivity (Wildman–Crippen MR) is 93.2 cm³/mol.